The number of fused-ring (bicyclic) bond motifs is 2. The molecule has 6 nitrogen and oxygen atoms in total. The number of rotatable bonds is 2. The van der Waals surface area contributed by atoms with Gasteiger partial charge in [-0.3, -0.25) is 0 Å². The molecule has 25 heavy (non-hydrogen) atoms. The van der Waals surface area contributed by atoms with Gasteiger partial charge in [0.15, 0.2) is 4.90 Å². The molecule has 2 atom stereocenters. The average Bonchev–Trinajstić information content (AvgIpc) is 3.05. The van der Waals surface area contributed by atoms with Gasteiger partial charge in [-0.05, 0) is 39.3 Å². The Morgan fingerprint density at radius 2 is 1.76 bits per heavy atom. The van der Waals surface area contributed by atoms with Crippen LogP contribution in [0.25, 0.3) is 0 Å². The number of ether oxygens (including phenoxy) is 1. The molecule has 138 valence electrons. The molecule has 2 bridgehead atoms. The van der Waals surface area contributed by atoms with E-state index in [1.807, 2.05) is 0 Å². The lowest BCUT2D eigenvalue weighted by Gasteiger charge is -2.34. The third-order valence-electron chi connectivity index (χ3n) is 4.30. The van der Waals surface area contributed by atoms with E-state index < -0.39 is 44.3 Å². The minimum atomic E-state index is -4.31. The Balaban J connectivity index is 1.80. The molecule has 0 saturated carbocycles. The number of carbonyl (C=O) groups is 1. The summed E-state index contributed by atoms with van der Waals surface area (Å²) in [5.74, 6) is -2.24. The number of carbonyl (C=O) groups excluding carboxylic acids is 1. The fourth-order valence-electron chi connectivity index (χ4n) is 3.32. The molecule has 2 fully saturated rings. The van der Waals surface area contributed by atoms with Crippen LogP contribution in [-0.2, 0) is 14.8 Å². The van der Waals surface area contributed by atoms with E-state index in [-0.39, 0.29) is 19.1 Å². The Kier molecular flexibility index (Phi) is 4.27. The van der Waals surface area contributed by atoms with E-state index in [1.54, 1.807) is 20.8 Å². The second-order valence-corrected chi connectivity index (χ2v) is 9.13. The Bertz CT molecular complexity index is 787. The standard InChI is InChI=1S/C16H20F2N2O4S/c1-16(2,3)24-15(21)19-8-11-7-10(19)9-20(11)25(22,23)14-12(17)5-4-6-13(14)18/h4-6,10-11H,7-9H2,1-3H3. The van der Waals surface area contributed by atoms with Gasteiger partial charge in [-0.25, -0.2) is 22.0 Å². The highest BCUT2D eigenvalue weighted by Gasteiger charge is 2.51. The highest BCUT2D eigenvalue weighted by atomic mass is 32.2. The van der Waals surface area contributed by atoms with E-state index in [9.17, 15) is 22.0 Å². The van der Waals surface area contributed by atoms with Gasteiger partial charge in [0, 0.05) is 19.1 Å². The molecule has 3 rings (SSSR count). The highest BCUT2D eigenvalue weighted by molar-refractivity contribution is 7.89. The quantitative estimate of drug-likeness (QED) is 0.797. The van der Waals surface area contributed by atoms with Gasteiger partial charge < -0.3 is 9.64 Å². The van der Waals surface area contributed by atoms with Gasteiger partial charge in [0.05, 0.1) is 6.04 Å². The maximum Gasteiger partial charge on any atom is 0.410 e. The van der Waals surface area contributed by atoms with Gasteiger partial charge in [-0.2, -0.15) is 4.31 Å². The summed E-state index contributed by atoms with van der Waals surface area (Å²) in [6.45, 7) is 5.39. The fourth-order valence-corrected chi connectivity index (χ4v) is 5.09. The second kappa shape index (κ2) is 5.91. The Morgan fingerprint density at radius 1 is 1.16 bits per heavy atom. The van der Waals surface area contributed by atoms with E-state index in [4.69, 9.17) is 4.74 Å². The molecule has 1 aromatic rings. The molecule has 2 aliphatic rings. The van der Waals surface area contributed by atoms with E-state index in [0.717, 1.165) is 22.5 Å². The zero-order valence-corrected chi connectivity index (χ0v) is 15.0. The molecular formula is C16H20F2N2O4S. The maximum atomic E-state index is 13.9. The van der Waals surface area contributed by atoms with Crippen molar-refractivity contribution in [2.24, 2.45) is 0 Å². The molecule has 2 unspecified atom stereocenters. The first kappa shape index (κ1) is 18.1. The number of hydrogen-bond acceptors (Lipinski definition) is 4. The molecular weight excluding hydrogens is 354 g/mol. The van der Waals surface area contributed by atoms with Crippen LogP contribution >= 0.6 is 0 Å². The van der Waals surface area contributed by atoms with Gasteiger partial charge in [0.1, 0.15) is 17.2 Å². The predicted molar refractivity (Wildman–Crippen MR) is 85.4 cm³/mol. The highest BCUT2D eigenvalue weighted by Crippen LogP contribution is 2.36. The zero-order valence-electron chi connectivity index (χ0n) is 14.2. The van der Waals surface area contributed by atoms with Crippen LogP contribution in [0.2, 0.25) is 0 Å². The molecule has 0 N–H and O–H groups in total. The third kappa shape index (κ3) is 3.22. The molecule has 2 saturated heterocycles. The summed E-state index contributed by atoms with van der Waals surface area (Å²) in [5.41, 5.74) is -0.652. The van der Waals surface area contributed by atoms with Gasteiger partial charge in [-0.15, -0.1) is 0 Å². The number of piperazine rings is 1. The molecule has 0 aromatic heterocycles. The van der Waals surface area contributed by atoms with E-state index in [2.05, 4.69) is 0 Å². The van der Waals surface area contributed by atoms with Crippen molar-refractivity contribution in [3.63, 3.8) is 0 Å². The molecule has 1 amide bonds. The van der Waals surface area contributed by atoms with Crippen LogP contribution in [0.4, 0.5) is 13.6 Å². The number of nitrogens with zero attached hydrogens (tertiary/aromatic N) is 2. The van der Waals surface area contributed by atoms with Crippen molar-refractivity contribution < 1.29 is 26.7 Å². The van der Waals surface area contributed by atoms with Crippen molar-refractivity contribution >= 4 is 16.1 Å². The van der Waals surface area contributed by atoms with Crippen molar-refractivity contribution in [3.05, 3.63) is 29.8 Å². The summed E-state index contributed by atoms with van der Waals surface area (Å²) in [6, 6.07) is 2.07. The number of benzene rings is 1. The molecule has 9 heteroatoms. The lowest BCUT2D eigenvalue weighted by atomic mass is 10.2. The zero-order chi connectivity index (χ0) is 18.6. The first-order chi connectivity index (χ1) is 11.5. The second-order valence-electron chi connectivity index (χ2n) is 7.30. The largest absolute Gasteiger partial charge is 0.444 e. The fraction of sp³-hybridized carbons (Fsp3) is 0.562. The van der Waals surface area contributed by atoms with Crippen molar-refractivity contribution in [2.45, 2.75) is 49.8 Å². The number of amides is 1. The van der Waals surface area contributed by atoms with Gasteiger partial charge in [0.2, 0.25) is 10.0 Å². The summed E-state index contributed by atoms with van der Waals surface area (Å²) < 4.78 is 59.6. The number of sulfonamides is 1. The van der Waals surface area contributed by atoms with Crippen LogP contribution in [0.3, 0.4) is 0 Å². The monoisotopic (exact) mass is 374 g/mol. The van der Waals surface area contributed by atoms with Crippen molar-refractivity contribution in [2.75, 3.05) is 13.1 Å². The summed E-state index contributed by atoms with van der Waals surface area (Å²) >= 11 is 0. The van der Waals surface area contributed by atoms with Crippen LogP contribution in [0.5, 0.6) is 0 Å². The first-order valence-electron chi connectivity index (χ1n) is 7.96. The predicted octanol–water partition coefficient (Wildman–Crippen LogP) is 2.35. The van der Waals surface area contributed by atoms with Crippen molar-refractivity contribution in [1.29, 1.82) is 0 Å². The van der Waals surface area contributed by atoms with E-state index >= 15 is 0 Å². The van der Waals surface area contributed by atoms with Crippen molar-refractivity contribution in [1.82, 2.24) is 9.21 Å². The Hall–Kier alpha value is -1.74. The number of likely N-dealkylation sites (tertiary alicyclic amines) is 1. The number of hydrogen-bond donors (Lipinski definition) is 0. The van der Waals surface area contributed by atoms with Crippen LogP contribution in [-0.4, -0.2) is 54.5 Å². The van der Waals surface area contributed by atoms with Gasteiger partial charge >= 0.3 is 6.09 Å². The minimum Gasteiger partial charge on any atom is -0.444 e. The molecule has 0 spiro atoms. The Labute approximate surface area is 145 Å². The van der Waals surface area contributed by atoms with Gasteiger partial charge in [-0.1, -0.05) is 6.07 Å². The minimum absolute atomic E-state index is 0.0000170. The van der Waals surface area contributed by atoms with Crippen LogP contribution in [0.15, 0.2) is 23.1 Å². The third-order valence-corrected chi connectivity index (χ3v) is 6.27. The average molecular weight is 374 g/mol. The van der Waals surface area contributed by atoms with Crippen LogP contribution in [0.1, 0.15) is 27.2 Å². The topological polar surface area (TPSA) is 66.9 Å². The van der Waals surface area contributed by atoms with Crippen LogP contribution < -0.4 is 0 Å². The molecule has 1 aromatic carbocycles. The summed E-state index contributed by atoms with van der Waals surface area (Å²) in [5, 5.41) is 0. The lowest BCUT2D eigenvalue weighted by Crippen LogP contribution is -2.51. The van der Waals surface area contributed by atoms with E-state index in [0.29, 0.717) is 6.42 Å². The maximum absolute atomic E-state index is 13.9. The normalized spacial score (nSPS) is 24.0. The smallest absolute Gasteiger partial charge is 0.410 e. The molecule has 2 aliphatic heterocycles. The first-order valence-corrected chi connectivity index (χ1v) is 9.40. The summed E-state index contributed by atoms with van der Waals surface area (Å²) in [6.07, 6.45) is -0.0803. The van der Waals surface area contributed by atoms with Gasteiger partial charge in [0.25, 0.3) is 0 Å². The van der Waals surface area contributed by atoms with E-state index in [1.165, 1.54) is 4.90 Å². The summed E-state index contributed by atoms with van der Waals surface area (Å²) in [4.78, 5) is 12.7. The lowest BCUT2D eigenvalue weighted by molar-refractivity contribution is 0.0172. The molecule has 0 radical (unpaired) electrons. The molecule has 0 aliphatic carbocycles. The Morgan fingerprint density at radius 3 is 2.24 bits per heavy atom. The van der Waals surface area contributed by atoms with Crippen molar-refractivity contribution in [3.8, 4) is 0 Å². The number of halogens is 2. The van der Waals surface area contributed by atoms with Crippen LogP contribution in [0, 0.1) is 11.6 Å². The SMILES string of the molecule is CC(C)(C)OC(=O)N1CC2CC1CN2S(=O)(=O)c1c(F)cccc1F. The summed E-state index contributed by atoms with van der Waals surface area (Å²) in [7, 11) is -4.31. The molecule has 2 heterocycles.